The molecule has 34 heavy (non-hydrogen) atoms. The molecule has 11 nitrogen and oxygen atoms in total. The van der Waals surface area contributed by atoms with Crippen molar-refractivity contribution in [3.05, 3.63) is 74.8 Å². The van der Waals surface area contributed by atoms with Gasteiger partial charge in [0.15, 0.2) is 24.7 Å². The van der Waals surface area contributed by atoms with Gasteiger partial charge in [-0.25, -0.2) is 14.3 Å². The van der Waals surface area contributed by atoms with Gasteiger partial charge in [-0.2, -0.15) is 0 Å². The molecule has 0 radical (unpaired) electrons. The number of para-hydroxylation sites is 1. The van der Waals surface area contributed by atoms with E-state index in [1.807, 2.05) is 0 Å². The normalized spacial score (nSPS) is 20.3. The lowest BCUT2D eigenvalue weighted by Crippen LogP contribution is -2.36. The maximum absolute atomic E-state index is 14.5. The summed E-state index contributed by atoms with van der Waals surface area (Å²) >= 11 is 0. The minimum atomic E-state index is -3.88. The zero-order valence-corrected chi connectivity index (χ0v) is 19.6. The second-order valence-electron chi connectivity index (χ2n) is 7.36. The number of aromatic amines is 1. The Balaban J connectivity index is 1.74. The first-order valence-corrected chi connectivity index (χ1v) is 12.2. The monoisotopic (exact) mass is 497 g/mol. The summed E-state index contributed by atoms with van der Waals surface area (Å²) in [5, 5.41) is 2.60. The molecule has 0 bridgehead atoms. The van der Waals surface area contributed by atoms with Crippen LogP contribution in [0.15, 0.2) is 58.0 Å². The molecule has 2 heterocycles. The Kier molecular flexibility index (Phi) is 8.21. The van der Waals surface area contributed by atoms with Crippen molar-refractivity contribution >= 4 is 13.5 Å². The van der Waals surface area contributed by atoms with Crippen LogP contribution >= 0.6 is 7.52 Å². The van der Waals surface area contributed by atoms with Crippen LogP contribution in [0.3, 0.4) is 0 Å². The minimum Gasteiger partial charge on any atom is -0.465 e. The highest BCUT2D eigenvalue weighted by Crippen LogP contribution is 2.44. The number of benzene rings is 1. The minimum absolute atomic E-state index is 0.135. The molecule has 0 fully saturated rings. The van der Waals surface area contributed by atoms with Crippen LogP contribution in [0.5, 0.6) is 5.75 Å². The van der Waals surface area contributed by atoms with Crippen molar-refractivity contribution in [2.24, 2.45) is 0 Å². The zero-order chi connectivity index (χ0) is 24.9. The predicted molar refractivity (Wildman–Crippen MR) is 119 cm³/mol. The van der Waals surface area contributed by atoms with Crippen molar-refractivity contribution in [1.82, 2.24) is 14.6 Å². The molecule has 13 heteroatoms. The number of H-pyrrole nitrogens is 1. The van der Waals surface area contributed by atoms with Crippen LogP contribution in [0.25, 0.3) is 0 Å². The SMILES string of the molecule is CCOC(=O)[C@H](C)NP(=O)(CO[C@@H]1C=C(F)[C@H](n2cc(C)c(=O)[nH]c2=O)O1)Oc1ccccc1. The Morgan fingerprint density at radius 3 is 2.71 bits per heavy atom. The molecule has 1 aliphatic heterocycles. The molecule has 0 spiro atoms. The number of esters is 1. The molecule has 1 aromatic heterocycles. The quantitative estimate of drug-likeness (QED) is 0.374. The van der Waals surface area contributed by atoms with E-state index in [0.29, 0.717) is 0 Å². The summed E-state index contributed by atoms with van der Waals surface area (Å²) < 4.78 is 50.3. The first-order chi connectivity index (χ1) is 16.1. The number of rotatable bonds is 10. The molecule has 0 aliphatic carbocycles. The number of carbonyl (C=O) groups is 1. The Morgan fingerprint density at radius 1 is 1.32 bits per heavy atom. The lowest BCUT2D eigenvalue weighted by Gasteiger charge is -2.24. The summed E-state index contributed by atoms with van der Waals surface area (Å²) in [4.78, 5) is 37.7. The average Bonchev–Trinajstić information content (AvgIpc) is 3.16. The summed E-state index contributed by atoms with van der Waals surface area (Å²) in [7, 11) is -3.88. The van der Waals surface area contributed by atoms with Crippen molar-refractivity contribution in [3.63, 3.8) is 0 Å². The molecule has 0 saturated carbocycles. The van der Waals surface area contributed by atoms with Crippen LogP contribution in [0.1, 0.15) is 25.6 Å². The van der Waals surface area contributed by atoms with Crippen molar-refractivity contribution in [2.45, 2.75) is 39.3 Å². The van der Waals surface area contributed by atoms with Crippen LogP contribution in [0, 0.1) is 6.92 Å². The van der Waals surface area contributed by atoms with E-state index in [1.165, 1.54) is 13.8 Å². The van der Waals surface area contributed by atoms with E-state index in [4.69, 9.17) is 18.7 Å². The van der Waals surface area contributed by atoms with Gasteiger partial charge in [0, 0.05) is 17.8 Å². The number of hydrogen-bond acceptors (Lipinski definition) is 8. The molecular formula is C21H25FN3O8P. The van der Waals surface area contributed by atoms with Crippen molar-refractivity contribution in [2.75, 3.05) is 13.0 Å². The molecule has 1 aliphatic rings. The van der Waals surface area contributed by atoms with Gasteiger partial charge in [0.05, 0.1) is 6.61 Å². The first kappa shape index (κ1) is 25.6. The van der Waals surface area contributed by atoms with E-state index in [-0.39, 0.29) is 17.9 Å². The Morgan fingerprint density at radius 2 is 2.03 bits per heavy atom. The van der Waals surface area contributed by atoms with Crippen molar-refractivity contribution < 1.29 is 32.5 Å². The molecule has 2 N–H and O–H groups in total. The number of hydrogen-bond donors (Lipinski definition) is 2. The third-order valence-corrected chi connectivity index (χ3v) is 6.40. The molecule has 4 atom stereocenters. The number of carbonyl (C=O) groups excluding carboxylic acids is 1. The number of aromatic nitrogens is 2. The van der Waals surface area contributed by atoms with E-state index >= 15 is 0 Å². The summed E-state index contributed by atoms with van der Waals surface area (Å²) in [6.45, 7) is 4.67. The Bertz CT molecular complexity index is 1210. The summed E-state index contributed by atoms with van der Waals surface area (Å²) in [5.41, 5.74) is -1.29. The lowest BCUT2D eigenvalue weighted by atomic mass is 10.3. The van der Waals surface area contributed by atoms with E-state index in [9.17, 15) is 23.3 Å². The standard InChI is InChI=1S/C21H25FN3O8P/c1-4-30-20(27)14(3)24-34(29,33-15-8-6-5-7-9-15)12-31-17-10-16(22)19(32-17)25-11-13(2)18(26)23-21(25)28/h5-11,14,17,19H,4,12H2,1-3H3,(H,24,29)(H,23,26,28)/t14-,17-,19+,34?/m0/s1. The topological polar surface area (TPSA) is 138 Å². The highest BCUT2D eigenvalue weighted by atomic mass is 31.2. The van der Waals surface area contributed by atoms with Crippen LogP contribution in [0.4, 0.5) is 4.39 Å². The lowest BCUT2D eigenvalue weighted by molar-refractivity contribution is -0.144. The predicted octanol–water partition coefficient (Wildman–Crippen LogP) is 2.34. The van der Waals surface area contributed by atoms with Crippen molar-refractivity contribution in [1.29, 1.82) is 0 Å². The maximum Gasteiger partial charge on any atom is 0.342 e. The number of ether oxygens (including phenoxy) is 3. The van der Waals surface area contributed by atoms with Gasteiger partial charge in [-0.05, 0) is 32.9 Å². The van der Waals surface area contributed by atoms with E-state index < -0.39 is 55.5 Å². The largest absolute Gasteiger partial charge is 0.465 e. The zero-order valence-electron chi connectivity index (χ0n) is 18.7. The van der Waals surface area contributed by atoms with E-state index in [2.05, 4.69) is 10.1 Å². The summed E-state index contributed by atoms with van der Waals surface area (Å²) in [6, 6.07) is 7.21. The third kappa shape index (κ3) is 6.29. The maximum atomic E-state index is 14.5. The fourth-order valence-corrected chi connectivity index (χ4v) is 4.70. The Labute approximate surface area is 194 Å². The molecule has 184 valence electrons. The van der Waals surface area contributed by atoms with Gasteiger partial charge < -0.3 is 18.7 Å². The van der Waals surface area contributed by atoms with Gasteiger partial charge in [-0.15, -0.1) is 0 Å². The van der Waals surface area contributed by atoms with Gasteiger partial charge in [-0.1, -0.05) is 18.2 Å². The van der Waals surface area contributed by atoms with Gasteiger partial charge >= 0.3 is 19.2 Å². The van der Waals surface area contributed by atoms with Gasteiger partial charge in [-0.3, -0.25) is 23.7 Å². The van der Waals surface area contributed by atoms with E-state index in [1.54, 1.807) is 37.3 Å². The fraction of sp³-hybridized carbons (Fsp3) is 0.381. The van der Waals surface area contributed by atoms with Crippen LogP contribution in [-0.4, -0.2) is 40.8 Å². The second-order valence-corrected chi connectivity index (χ2v) is 9.41. The van der Waals surface area contributed by atoms with Gasteiger partial charge in [0.25, 0.3) is 5.56 Å². The van der Waals surface area contributed by atoms with Gasteiger partial charge in [0.1, 0.15) is 11.8 Å². The molecule has 1 unspecified atom stereocenters. The Hall–Kier alpha value is -3.05. The van der Waals surface area contributed by atoms with E-state index in [0.717, 1.165) is 16.8 Å². The van der Waals surface area contributed by atoms with Crippen LogP contribution < -0.4 is 20.9 Å². The smallest absolute Gasteiger partial charge is 0.342 e. The van der Waals surface area contributed by atoms with Crippen LogP contribution in [0.2, 0.25) is 0 Å². The average molecular weight is 497 g/mol. The molecule has 2 aromatic rings. The molecule has 3 rings (SSSR count). The molecule has 1 aromatic carbocycles. The highest BCUT2D eigenvalue weighted by molar-refractivity contribution is 7.57. The molecule has 0 saturated heterocycles. The summed E-state index contributed by atoms with van der Waals surface area (Å²) in [6.07, 6.45) is -1.29. The number of halogens is 1. The molecular weight excluding hydrogens is 472 g/mol. The second kappa shape index (κ2) is 10.9. The number of nitrogens with one attached hydrogen (secondary N) is 2. The number of aryl methyl sites for hydroxylation is 1. The fourth-order valence-electron chi connectivity index (χ4n) is 3.02. The van der Waals surface area contributed by atoms with Crippen molar-refractivity contribution in [3.8, 4) is 5.75 Å². The first-order valence-electron chi connectivity index (χ1n) is 10.4. The third-order valence-electron chi connectivity index (χ3n) is 4.63. The molecule has 0 amide bonds. The number of nitrogens with zero attached hydrogens (tertiary/aromatic N) is 1. The summed E-state index contributed by atoms with van der Waals surface area (Å²) in [5.74, 6) is -1.24. The van der Waals surface area contributed by atoms with Gasteiger partial charge in [0.2, 0.25) is 0 Å². The van der Waals surface area contributed by atoms with Crippen LogP contribution in [-0.2, 0) is 23.6 Å². The highest BCUT2D eigenvalue weighted by Gasteiger charge is 2.35.